The van der Waals surface area contributed by atoms with Gasteiger partial charge in [0.25, 0.3) is 5.91 Å². The third-order valence-corrected chi connectivity index (χ3v) is 6.49. The zero-order valence-corrected chi connectivity index (χ0v) is 17.5. The van der Waals surface area contributed by atoms with Crippen LogP contribution >= 0.6 is 11.8 Å². The molecule has 152 valence electrons. The fourth-order valence-corrected chi connectivity index (χ4v) is 4.67. The van der Waals surface area contributed by atoms with Gasteiger partial charge in [0, 0.05) is 11.4 Å². The predicted molar refractivity (Wildman–Crippen MR) is 119 cm³/mol. The van der Waals surface area contributed by atoms with Crippen molar-refractivity contribution in [2.75, 3.05) is 16.0 Å². The van der Waals surface area contributed by atoms with Gasteiger partial charge in [-0.25, -0.2) is 4.39 Å². The van der Waals surface area contributed by atoms with E-state index in [1.807, 2.05) is 49.1 Å². The highest BCUT2D eigenvalue weighted by Gasteiger charge is 2.34. The Balaban J connectivity index is 1.56. The summed E-state index contributed by atoms with van der Waals surface area (Å²) in [6, 6.07) is 19.2. The van der Waals surface area contributed by atoms with Gasteiger partial charge in [-0.15, -0.1) is 11.8 Å². The third-order valence-electron chi connectivity index (χ3n) is 5.28. The highest BCUT2D eigenvalue weighted by atomic mass is 32.2. The molecule has 1 fully saturated rings. The number of anilines is 2. The number of carbonyl (C=O) groups excluding carboxylic acids is 2. The van der Waals surface area contributed by atoms with Crippen molar-refractivity contribution in [1.29, 1.82) is 0 Å². The smallest absolute Gasteiger partial charge is 0.258 e. The van der Waals surface area contributed by atoms with Crippen LogP contribution in [-0.2, 0) is 4.79 Å². The quantitative estimate of drug-likeness (QED) is 0.609. The van der Waals surface area contributed by atoms with Crippen LogP contribution in [0.25, 0.3) is 0 Å². The summed E-state index contributed by atoms with van der Waals surface area (Å²) in [5, 5.41) is 2.59. The Hall–Kier alpha value is -3.12. The molecule has 4 nitrogen and oxygen atoms in total. The van der Waals surface area contributed by atoms with Gasteiger partial charge in [-0.05, 0) is 60.9 Å². The number of amides is 2. The van der Waals surface area contributed by atoms with Crippen molar-refractivity contribution < 1.29 is 14.0 Å². The van der Waals surface area contributed by atoms with E-state index in [0.717, 1.165) is 22.4 Å². The van der Waals surface area contributed by atoms with E-state index in [-0.39, 0.29) is 16.8 Å². The van der Waals surface area contributed by atoms with E-state index in [4.69, 9.17) is 0 Å². The van der Waals surface area contributed by atoms with Crippen LogP contribution in [0, 0.1) is 19.7 Å². The van der Waals surface area contributed by atoms with Gasteiger partial charge in [-0.1, -0.05) is 36.4 Å². The molecule has 0 saturated carbocycles. The first-order valence-electron chi connectivity index (χ1n) is 9.61. The summed E-state index contributed by atoms with van der Waals surface area (Å²) in [5.41, 5.74) is 4.69. The summed E-state index contributed by atoms with van der Waals surface area (Å²) < 4.78 is 13.8. The standard InChI is InChI=1S/C24H21FN2O2S/c1-15-6-5-9-21(16(15)2)27-22(28)14-30-24(27)17-10-12-18(13-11-17)26-23(29)19-7-3-4-8-20(19)25/h3-13,24H,14H2,1-2H3,(H,26,29)/t24-/m0/s1. The summed E-state index contributed by atoms with van der Waals surface area (Å²) in [6.45, 7) is 4.06. The van der Waals surface area contributed by atoms with Crippen molar-refractivity contribution in [2.24, 2.45) is 0 Å². The second kappa shape index (κ2) is 8.32. The zero-order chi connectivity index (χ0) is 21.3. The molecule has 2 amide bonds. The largest absolute Gasteiger partial charge is 0.322 e. The second-order valence-corrected chi connectivity index (χ2v) is 8.27. The lowest BCUT2D eigenvalue weighted by molar-refractivity contribution is -0.115. The number of hydrogen-bond donors (Lipinski definition) is 1. The van der Waals surface area contributed by atoms with Crippen molar-refractivity contribution in [3.05, 3.63) is 94.8 Å². The molecule has 30 heavy (non-hydrogen) atoms. The highest BCUT2D eigenvalue weighted by Crippen LogP contribution is 2.43. The van der Waals surface area contributed by atoms with E-state index in [9.17, 15) is 14.0 Å². The lowest BCUT2D eigenvalue weighted by atomic mass is 10.1. The molecular formula is C24H21FN2O2S. The minimum atomic E-state index is -0.559. The van der Waals surface area contributed by atoms with Crippen LogP contribution in [0.15, 0.2) is 66.7 Å². The SMILES string of the molecule is Cc1cccc(N2C(=O)CS[C@H]2c2ccc(NC(=O)c3ccccc3F)cc2)c1C. The topological polar surface area (TPSA) is 49.4 Å². The molecule has 1 heterocycles. The Kier molecular flexibility index (Phi) is 5.59. The molecule has 0 spiro atoms. The van der Waals surface area contributed by atoms with Crippen molar-refractivity contribution in [3.8, 4) is 0 Å². The number of halogens is 1. The first kappa shape index (κ1) is 20.2. The summed E-state index contributed by atoms with van der Waals surface area (Å²) in [4.78, 5) is 26.8. The minimum Gasteiger partial charge on any atom is -0.322 e. The lowest BCUT2D eigenvalue weighted by Gasteiger charge is -2.26. The molecule has 1 atom stereocenters. The summed E-state index contributed by atoms with van der Waals surface area (Å²) in [7, 11) is 0. The van der Waals surface area contributed by atoms with Gasteiger partial charge in [0.1, 0.15) is 11.2 Å². The number of hydrogen-bond acceptors (Lipinski definition) is 3. The van der Waals surface area contributed by atoms with Crippen LogP contribution in [0.1, 0.15) is 32.4 Å². The average Bonchev–Trinajstić information content (AvgIpc) is 3.12. The summed E-state index contributed by atoms with van der Waals surface area (Å²) >= 11 is 1.58. The van der Waals surface area contributed by atoms with Crippen LogP contribution in [-0.4, -0.2) is 17.6 Å². The first-order valence-corrected chi connectivity index (χ1v) is 10.7. The molecule has 0 unspecified atom stereocenters. The van der Waals surface area contributed by atoms with Gasteiger partial charge in [0.05, 0.1) is 11.3 Å². The summed E-state index contributed by atoms with van der Waals surface area (Å²) in [5.74, 6) is -0.556. The monoisotopic (exact) mass is 420 g/mol. The molecular weight excluding hydrogens is 399 g/mol. The molecule has 0 bridgehead atoms. The Morgan fingerprint density at radius 2 is 1.77 bits per heavy atom. The van der Waals surface area contributed by atoms with Crippen molar-refractivity contribution >= 4 is 35.0 Å². The number of nitrogens with zero attached hydrogens (tertiary/aromatic N) is 1. The molecule has 0 aliphatic carbocycles. The highest BCUT2D eigenvalue weighted by molar-refractivity contribution is 8.00. The number of nitrogens with one attached hydrogen (secondary N) is 1. The minimum absolute atomic E-state index is 0.000352. The molecule has 1 N–H and O–H groups in total. The molecule has 3 aromatic carbocycles. The fourth-order valence-electron chi connectivity index (χ4n) is 3.50. The van der Waals surface area contributed by atoms with Crippen LogP contribution in [0.2, 0.25) is 0 Å². The van der Waals surface area contributed by atoms with Crippen LogP contribution in [0.4, 0.5) is 15.8 Å². The molecule has 1 aliphatic heterocycles. The molecule has 3 aromatic rings. The van der Waals surface area contributed by atoms with Gasteiger partial charge in [0.2, 0.25) is 5.91 Å². The predicted octanol–water partition coefficient (Wildman–Crippen LogP) is 5.47. The van der Waals surface area contributed by atoms with E-state index < -0.39 is 11.7 Å². The maximum atomic E-state index is 13.8. The second-order valence-electron chi connectivity index (χ2n) is 7.20. The van der Waals surface area contributed by atoms with Gasteiger partial charge < -0.3 is 5.32 Å². The maximum absolute atomic E-state index is 13.8. The van der Waals surface area contributed by atoms with E-state index in [1.54, 1.807) is 36.0 Å². The van der Waals surface area contributed by atoms with Crippen molar-refractivity contribution in [1.82, 2.24) is 0 Å². The van der Waals surface area contributed by atoms with Crippen molar-refractivity contribution in [2.45, 2.75) is 19.2 Å². The molecule has 1 aliphatic rings. The van der Waals surface area contributed by atoms with E-state index >= 15 is 0 Å². The molecule has 0 radical (unpaired) electrons. The van der Waals surface area contributed by atoms with Gasteiger partial charge in [-0.3, -0.25) is 14.5 Å². The van der Waals surface area contributed by atoms with Gasteiger partial charge >= 0.3 is 0 Å². The Morgan fingerprint density at radius 1 is 1.03 bits per heavy atom. The zero-order valence-electron chi connectivity index (χ0n) is 16.7. The van der Waals surface area contributed by atoms with E-state index in [1.165, 1.54) is 12.1 Å². The third kappa shape index (κ3) is 3.83. The van der Waals surface area contributed by atoms with E-state index in [2.05, 4.69) is 5.32 Å². The Morgan fingerprint density at radius 3 is 2.50 bits per heavy atom. The number of rotatable bonds is 4. The van der Waals surface area contributed by atoms with Crippen LogP contribution in [0.5, 0.6) is 0 Å². The maximum Gasteiger partial charge on any atom is 0.258 e. The first-order chi connectivity index (χ1) is 14.5. The summed E-state index contributed by atoms with van der Waals surface area (Å²) in [6.07, 6.45) is 0. The molecule has 0 aromatic heterocycles. The Bertz CT molecular complexity index is 1110. The number of carbonyl (C=O) groups is 2. The van der Waals surface area contributed by atoms with Crippen LogP contribution < -0.4 is 10.2 Å². The normalized spacial score (nSPS) is 16.0. The fraction of sp³-hybridized carbons (Fsp3) is 0.167. The molecule has 6 heteroatoms. The van der Waals surface area contributed by atoms with Crippen LogP contribution in [0.3, 0.4) is 0 Å². The van der Waals surface area contributed by atoms with E-state index in [0.29, 0.717) is 11.4 Å². The molecule has 1 saturated heterocycles. The number of benzene rings is 3. The average molecular weight is 421 g/mol. The van der Waals surface area contributed by atoms with Gasteiger partial charge in [0.15, 0.2) is 0 Å². The number of thioether (sulfide) groups is 1. The Labute approximate surface area is 179 Å². The lowest BCUT2D eigenvalue weighted by Crippen LogP contribution is -2.28. The molecule has 4 rings (SSSR count). The number of aryl methyl sites for hydroxylation is 1. The van der Waals surface area contributed by atoms with Crippen molar-refractivity contribution in [3.63, 3.8) is 0 Å². The van der Waals surface area contributed by atoms with Gasteiger partial charge in [-0.2, -0.15) is 0 Å².